The number of nitrogens with zero attached hydrogens (tertiary/aromatic N) is 5. The predicted molar refractivity (Wildman–Crippen MR) is 47.8 cm³/mol. The Morgan fingerprint density at radius 2 is 2.50 bits per heavy atom. The maximum absolute atomic E-state index is 10.7. The Hall–Kier alpha value is -2.23. The van der Waals surface area contributed by atoms with Gasteiger partial charge in [0.15, 0.2) is 6.33 Å². The second-order valence-corrected chi connectivity index (χ2v) is 2.42. The summed E-state index contributed by atoms with van der Waals surface area (Å²) in [7, 11) is 1.47. The van der Waals surface area contributed by atoms with Gasteiger partial charge in [-0.15, -0.1) is 5.11 Å². The lowest BCUT2D eigenvalue weighted by Crippen LogP contribution is -2.15. The van der Waals surface area contributed by atoms with E-state index in [0.29, 0.717) is 0 Å². The lowest BCUT2D eigenvalue weighted by Gasteiger charge is -2.03. The summed E-state index contributed by atoms with van der Waals surface area (Å²) in [6.07, 6.45) is 1.34. The van der Waals surface area contributed by atoms with Crippen molar-refractivity contribution in [2.75, 3.05) is 7.05 Å². The Morgan fingerprint density at radius 1 is 1.79 bits per heavy atom. The third-order valence-corrected chi connectivity index (χ3v) is 1.44. The molecule has 0 bridgehead atoms. The van der Waals surface area contributed by atoms with E-state index in [2.05, 4.69) is 25.2 Å². The van der Waals surface area contributed by atoms with Crippen molar-refractivity contribution >= 4 is 17.5 Å². The van der Waals surface area contributed by atoms with Crippen LogP contribution in [-0.4, -0.2) is 27.9 Å². The molecule has 0 atom stereocenters. The quantitative estimate of drug-likeness (QED) is 0.437. The summed E-state index contributed by atoms with van der Waals surface area (Å²) in [5, 5.41) is 8.25. The molecule has 1 N–H and O–H groups in total. The fourth-order valence-electron chi connectivity index (χ4n) is 0.608. The molecule has 0 aliphatic carbocycles. The largest absolute Gasteiger partial charge is 0.361 e. The van der Waals surface area contributed by atoms with E-state index in [1.165, 1.54) is 20.3 Å². The SMILES string of the molecule is [C-]#[N+]c1[nH]cnc1N=NN(C)C(C)=O. The fourth-order valence-corrected chi connectivity index (χ4v) is 0.608. The van der Waals surface area contributed by atoms with E-state index >= 15 is 0 Å². The second kappa shape index (κ2) is 4.13. The highest BCUT2D eigenvalue weighted by molar-refractivity contribution is 5.72. The minimum absolute atomic E-state index is 0.174. The predicted octanol–water partition coefficient (Wildman–Crippen LogP) is 1.44. The molecule has 0 aliphatic heterocycles. The average Bonchev–Trinajstić information content (AvgIpc) is 2.60. The summed E-state index contributed by atoms with van der Waals surface area (Å²) >= 11 is 0. The monoisotopic (exact) mass is 192 g/mol. The van der Waals surface area contributed by atoms with Crippen molar-refractivity contribution in [3.05, 3.63) is 17.7 Å². The summed E-state index contributed by atoms with van der Waals surface area (Å²) in [4.78, 5) is 20.2. The van der Waals surface area contributed by atoms with Gasteiger partial charge in [-0.3, -0.25) is 9.78 Å². The molecule has 1 heterocycles. The van der Waals surface area contributed by atoms with E-state index in [9.17, 15) is 4.79 Å². The van der Waals surface area contributed by atoms with Crippen molar-refractivity contribution in [3.8, 4) is 0 Å². The number of nitrogens with one attached hydrogen (secondary N) is 1. The Morgan fingerprint density at radius 3 is 3.07 bits per heavy atom. The first-order chi connectivity index (χ1) is 6.65. The number of carbonyl (C=O) groups is 1. The molecule has 0 unspecified atom stereocenters. The van der Waals surface area contributed by atoms with Gasteiger partial charge in [0.1, 0.15) is 0 Å². The van der Waals surface area contributed by atoms with Crippen LogP contribution in [0.3, 0.4) is 0 Å². The van der Waals surface area contributed by atoms with Gasteiger partial charge in [0.25, 0.3) is 5.82 Å². The van der Waals surface area contributed by atoms with Crippen LogP contribution in [-0.2, 0) is 4.79 Å². The van der Waals surface area contributed by atoms with Gasteiger partial charge < -0.3 is 4.85 Å². The van der Waals surface area contributed by atoms with Crippen LogP contribution in [0.4, 0.5) is 11.6 Å². The molecule has 7 heteroatoms. The number of rotatable bonds is 2. The minimum atomic E-state index is -0.242. The number of imidazole rings is 1. The highest BCUT2D eigenvalue weighted by atomic mass is 16.2. The van der Waals surface area contributed by atoms with Gasteiger partial charge in [0, 0.05) is 14.0 Å². The molecule has 0 radical (unpaired) electrons. The normalized spacial score (nSPS) is 10.1. The van der Waals surface area contributed by atoms with E-state index in [1.807, 2.05) is 0 Å². The van der Waals surface area contributed by atoms with Crippen molar-refractivity contribution in [1.82, 2.24) is 15.0 Å². The highest BCUT2D eigenvalue weighted by Crippen LogP contribution is 2.22. The van der Waals surface area contributed by atoms with Crippen molar-refractivity contribution in [2.24, 2.45) is 10.3 Å². The molecule has 0 fully saturated rings. The van der Waals surface area contributed by atoms with Gasteiger partial charge in [-0.1, -0.05) is 11.8 Å². The van der Waals surface area contributed by atoms with Crippen LogP contribution >= 0.6 is 0 Å². The lowest BCUT2D eigenvalue weighted by atomic mass is 10.7. The molecule has 0 saturated carbocycles. The van der Waals surface area contributed by atoms with Gasteiger partial charge in [0.05, 0.1) is 0 Å². The van der Waals surface area contributed by atoms with Crippen LogP contribution in [0.15, 0.2) is 16.7 Å². The Labute approximate surface area is 80.3 Å². The summed E-state index contributed by atoms with van der Waals surface area (Å²) in [5.74, 6) is 0.132. The molecule has 1 rings (SSSR count). The molecule has 0 aliphatic rings. The topological polar surface area (TPSA) is 78.1 Å². The average molecular weight is 192 g/mol. The molecular weight excluding hydrogens is 184 g/mol. The fraction of sp³-hybridized carbons (Fsp3) is 0.286. The van der Waals surface area contributed by atoms with Gasteiger partial charge in [0.2, 0.25) is 11.7 Å². The van der Waals surface area contributed by atoms with Crippen LogP contribution in [0.1, 0.15) is 6.92 Å². The maximum Gasteiger partial charge on any atom is 0.275 e. The van der Waals surface area contributed by atoms with Crippen LogP contribution in [0.5, 0.6) is 0 Å². The Bertz CT molecular complexity index is 401. The van der Waals surface area contributed by atoms with Gasteiger partial charge >= 0.3 is 0 Å². The zero-order valence-corrected chi connectivity index (χ0v) is 7.72. The highest BCUT2D eigenvalue weighted by Gasteiger charge is 2.04. The molecule has 0 spiro atoms. The first kappa shape index (κ1) is 9.85. The number of aromatic amines is 1. The Kier molecular flexibility index (Phi) is 2.91. The Balaban J connectivity index is 2.79. The molecule has 0 aromatic carbocycles. The number of carbonyl (C=O) groups excluding carboxylic acids is 1. The molecule has 1 aromatic heterocycles. The number of amides is 1. The van der Waals surface area contributed by atoms with Gasteiger partial charge in [-0.05, 0) is 0 Å². The lowest BCUT2D eigenvalue weighted by molar-refractivity contribution is -0.127. The third kappa shape index (κ3) is 2.13. The summed E-state index contributed by atoms with van der Waals surface area (Å²) in [6, 6.07) is 0. The van der Waals surface area contributed by atoms with Crippen LogP contribution in [0.2, 0.25) is 0 Å². The van der Waals surface area contributed by atoms with Crippen LogP contribution < -0.4 is 0 Å². The number of aromatic nitrogens is 2. The molecule has 72 valence electrons. The van der Waals surface area contributed by atoms with E-state index in [4.69, 9.17) is 6.57 Å². The summed E-state index contributed by atoms with van der Waals surface area (Å²) < 4.78 is 0. The van der Waals surface area contributed by atoms with E-state index in [1.54, 1.807) is 0 Å². The van der Waals surface area contributed by atoms with Crippen molar-refractivity contribution < 1.29 is 4.79 Å². The number of hydrogen-bond donors (Lipinski definition) is 1. The molecule has 1 aromatic rings. The van der Waals surface area contributed by atoms with Crippen LogP contribution in [0, 0.1) is 6.57 Å². The summed E-state index contributed by atoms with van der Waals surface area (Å²) in [5.41, 5.74) is 0. The van der Waals surface area contributed by atoms with Crippen LogP contribution in [0.25, 0.3) is 4.85 Å². The van der Waals surface area contributed by atoms with Gasteiger partial charge in [-0.2, -0.15) is 0 Å². The third-order valence-electron chi connectivity index (χ3n) is 1.44. The molecule has 7 nitrogen and oxygen atoms in total. The maximum atomic E-state index is 10.7. The molecule has 14 heavy (non-hydrogen) atoms. The first-order valence-corrected chi connectivity index (χ1v) is 3.72. The van der Waals surface area contributed by atoms with Crippen molar-refractivity contribution in [2.45, 2.75) is 6.92 Å². The second-order valence-electron chi connectivity index (χ2n) is 2.42. The van der Waals surface area contributed by atoms with E-state index in [-0.39, 0.29) is 17.5 Å². The molecule has 1 amide bonds. The number of hydrogen-bond acceptors (Lipinski definition) is 4. The van der Waals surface area contributed by atoms with E-state index in [0.717, 1.165) is 5.01 Å². The standard InChI is InChI=1S/C7H8N6O/c1-5(14)13(3)12-11-7-6(8-2)9-4-10-7/h4H,1,3H3,(H,9,10). The zero-order valence-electron chi connectivity index (χ0n) is 7.72. The first-order valence-electron chi connectivity index (χ1n) is 3.72. The molecule has 0 saturated heterocycles. The molecular formula is C7H8N6O. The van der Waals surface area contributed by atoms with E-state index < -0.39 is 0 Å². The van der Waals surface area contributed by atoms with Crippen molar-refractivity contribution in [1.29, 1.82) is 0 Å². The summed E-state index contributed by atoms with van der Waals surface area (Å²) in [6.45, 7) is 8.10. The zero-order chi connectivity index (χ0) is 10.6. The number of H-pyrrole nitrogens is 1. The smallest absolute Gasteiger partial charge is 0.275 e. The van der Waals surface area contributed by atoms with Gasteiger partial charge in [-0.25, -0.2) is 9.99 Å². The minimum Gasteiger partial charge on any atom is -0.361 e. The van der Waals surface area contributed by atoms with Crippen molar-refractivity contribution in [3.63, 3.8) is 0 Å².